The summed E-state index contributed by atoms with van der Waals surface area (Å²) >= 11 is 0. The van der Waals surface area contributed by atoms with Gasteiger partial charge in [0.1, 0.15) is 17.7 Å². The average molecular weight is 296 g/mol. The van der Waals surface area contributed by atoms with E-state index in [1.54, 1.807) is 0 Å². The van der Waals surface area contributed by atoms with Crippen molar-refractivity contribution in [3.63, 3.8) is 0 Å². The molecule has 0 saturated carbocycles. The third kappa shape index (κ3) is 3.32. The Morgan fingerprint density at radius 3 is 2.57 bits per heavy atom. The van der Waals surface area contributed by atoms with Crippen LogP contribution in [-0.2, 0) is 9.53 Å². The quantitative estimate of drug-likeness (QED) is 0.796. The normalized spacial score (nSPS) is 23.4. The summed E-state index contributed by atoms with van der Waals surface area (Å²) in [5.41, 5.74) is 0.448. The number of halogens is 2. The zero-order valence-corrected chi connectivity index (χ0v) is 11.7. The van der Waals surface area contributed by atoms with Crippen LogP contribution in [0.2, 0.25) is 0 Å². The lowest BCUT2D eigenvalue weighted by atomic mass is 10.2. The lowest BCUT2D eigenvalue weighted by Crippen LogP contribution is -2.48. The number of hydrogen-bond donors (Lipinski definition) is 0. The van der Waals surface area contributed by atoms with Crippen molar-refractivity contribution in [3.8, 4) is 0 Å². The van der Waals surface area contributed by atoms with Crippen LogP contribution >= 0.6 is 0 Å². The topological polar surface area (TPSA) is 32.8 Å². The summed E-state index contributed by atoms with van der Waals surface area (Å²) in [7, 11) is 0. The second-order valence-electron chi connectivity index (χ2n) is 5.53. The van der Waals surface area contributed by atoms with Crippen LogP contribution in [0.4, 0.5) is 14.5 Å². The first kappa shape index (κ1) is 14.3. The molecule has 3 rings (SSSR count). The summed E-state index contributed by atoms with van der Waals surface area (Å²) in [6.07, 6.45) is 1.28. The van der Waals surface area contributed by atoms with Crippen LogP contribution in [0, 0.1) is 11.6 Å². The molecule has 1 atom stereocenters. The van der Waals surface area contributed by atoms with Crippen molar-refractivity contribution < 1.29 is 18.3 Å². The molecule has 2 fully saturated rings. The number of hydrogen-bond acceptors (Lipinski definition) is 4. The van der Waals surface area contributed by atoms with Gasteiger partial charge in [0.25, 0.3) is 0 Å². The fourth-order valence-corrected chi connectivity index (χ4v) is 2.91. The number of nitrogens with zero attached hydrogens (tertiary/aromatic N) is 2. The number of piperazine rings is 1. The van der Waals surface area contributed by atoms with Gasteiger partial charge in [0.15, 0.2) is 0 Å². The highest BCUT2D eigenvalue weighted by Gasteiger charge is 2.27. The number of cyclic esters (lactones) is 1. The van der Waals surface area contributed by atoms with Crippen molar-refractivity contribution in [3.05, 3.63) is 29.8 Å². The molecule has 0 bridgehead atoms. The highest BCUT2D eigenvalue weighted by atomic mass is 19.1. The van der Waals surface area contributed by atoms with E-state index >= 15 is 0 Å². The SMILES string of the molecule is O=C1CC[C@H](CN2CCN(c3ccc(F)cc3F)CC2)O1. The summed E-state index contributed by atoms with van der Waals surface area (Å²) in [4.78, 5) is 15.2. The smallest absolute Gasteiger partial charge is 0.306 e. The Balaban J connectivity index is 1.54. The van der Waals surface area contributed by atoms with E-state index in [1.165, 1.54) is 12.1 Å². The molecule has 21 heavy (non-hydrogen) atoms. The van der Waals surface area contributed by atoms with E-state index in [4.69, 9.17) is 4.74 Å². The number of rotatable bonds is 3. The Hall–Kier alpha value is -1.69. The van der Waals surface area contributed by atoms with Crippen molar-refractivity contribution >= 4 is 11.7 Å². The van der Waals surface area contributed by atoms with E-state index in [2.05, 4.69) is 4.90 Å². The Bertz CT molecular complexity index is 530. The van der Waals surface area contributed by atoms with Gasteiger partial charge in [-0.2, -0.15) is 0 Å². The van der Waals surface area contributed by atoms with E-state index in [9.17, 15) is 13.6 Å². The average Bonchev–Trinajstić information content (AvgIpc) is 2.85. The third-order valence-electron chi connectivity index (χ3n) is 4.05. The van der Waals surface area contributed by atoms with Gasteiger partial charge in [-0.25, -0.2) is 8.78 Å². The maximum atomic E-state index is 13.7. The van der Waals surface area contributed by atoms with Crippen molar-refractivity contribution in [2.24, 2.45) is 0 Å². The predicted octanol–water partition coefficient (Wildman–Crippen LogP) is 1.79. The highest BCUT2D eigenvalue weighted by molar-refractivity contribution is 5.71. The van der Waals surface area contributed by atoms with Crippen LogP contribution < -0.4 is 4.90 Å². The first-order valence-electron chi connectivity index (χ1n) is 7.23. The number of ether oxygens (including phenoxy) is 1. The van der Waals surface area contributed by atoms with Crippen molar-refractivity contribution in [1.29, 1.82) is 0 Å². The molecule has 0 aliphatic carbocycles. The molecule has 4 nitrogen and oxygen atoms in total. The van der Waals surface area contributed by atoms with Gasteiger partial charge in [0, 0.05) is 45.2 Å². The predicted molar refractivity (Wildman–Crippen MR) is 74.1 cm³/mol. The molecule has 0 radical (unpaired) electrons. The number of esters is 1. The molecule has 2 saturated heterocycles. The van der Waals surface area contributed by atoms with E-state index < -0.39 is 11.6 Å². The fourth-order valence-electron chi connectivity index (χ4n) is 2.91. The monoisotopic (exact) mass is 296 g/mol. The Morgan fingerprint density at radius 1 is 1.19 bits per heavy atom. The van der Waals surface area contributed by atoms with Crippen LogP contribution in [0.1, 0.15) is 12.8 Å². The van der Waals surface area contributed by atoms with E-state index in [1.807, 2.05) is 4.90 Å². The molecule has 0 unspecified atom stereocenters. The minimum absolute atomic E-state index is 0.00777. The molecule has 0 aromatic heterocycles. The molecule has 0 amide bonds. The van der Waals surface area contributed by atoms with Crippen LogP contribution in [0.15, 0.2) is 18.2 Å². The summed E-state index contributed by atoms with van der Waals surface area (Å²) in [5.74, 6) is -1.20. The number of benzene rings is 1. The Labute approximate surface area is 122 Å². The van der Waals surface area contributed by atoms with E-state index in [0.717, 1.165) is 32.1 Å². The molecule has 1 aromatic rings. The fraction of sp³-hybridized carbons (Fsp3) is 0.533. The van der Waals surface area contributed by atoms with Gasteiger partial charge >= 0.3 is 5.97 Å². The summed E-state index contributed by atoms with van der Waals surface area (Å²) in [6, 6.07) is 3.68. The summed E-state index contributed by atoms with van der Waals surface area (Å²) in [5, 5.41) is 0. The van der Waals surface area contributed by atoms with Gasteiger partial charge < -0.3 is 9.64 Å². The van der Waals surface area contributed by atoms with Gasteiger partial charge in [-0.3, -0.25) is 9.69 Å². The molecule has 1 aromatic carbocycles. The van der Waals surface area contributed by atoms with Crippen molar-refractivity contribution in [1.82, 2.24) is 4.90 Å². The van der Waals surface area contributed by atoms with E-state index in [-0.39, 0.29) is 12.1 Å². The molecule has 0 spiro atoms. The second kappa shape index (κ2) is 5.97. The van der Waals surface area contributed by atoms with Crippen LogP contribution in [0.5, 0.6) is 0 Å². The molecule has 0 N–H and O–H groups in total. The summed E-state index contributed by atoms with van der Waals surface area (Å²) < 4.78 is 31.9. The lowest BCUT2D eigenvalue weighted by Gasteiger charge is -2.36. The largest absolute Gasteiger partial charge is 0.461 e. The van der Waals surface area contributed by atoms with Gasteiger partial charge in [-0.1, -0.05) is 0 Å². The van der Waals surface area contributed by atoms with Crippen LogP contribution in [0.3, 0.4) is 0 Å². The number of carbonyl (C=O) groups is 1. The van der Waals surface area contributed by atoms with Gasteiger partial charge in [-0.15, -0.1) is 0 Å². The van der Waals surface area contributed by atoms with Gasteiger partial charge in [-0.05, 0) is 18.6 Å². The van der Waals surface area contributed by atoms with Gasteiger partial charge in [0.2, 0.25) is 0 Å². The standard InChI is InChI=1S/C15H18F2N2O2/c16-11-1-3-14(13(17)9-11)19-7-5-18(6-8-19)10-12-2-4-15(20)21-12/h1,3,9,12H,2,4-8,10H2/t12-/m1/s1. The minimum Gasteiger partial charge on any atom is -0.461 e. The van der Waals surface area contributed by atoms with Crippen LogP contribution in [0.25, 0.3) is 0 Å². The maximum absolute atomic E-state index is 13.7. The number of anilines is 1. The van der Waals surface area contributed by atoms with Crippen LogP contribution in [-0.4, -0.2) is 49.7 Å². The highest BCUT2D eigenvalue weighted by Crippen LogP contribution is 2.22. The molecule has 114 valence electrons. The minimum atomic E-state index is -0.557. The molecular formula is C15H18F2N2O2. The summed E-state index contributed by atoms with van der Waals surface area (Å²) in [6.45, 7) is 3.67. The first-order valence-corrected chi connectivity index (χ1v) is 7.23. The van der Waals surface area contributed by atoms with Gasteiger partial charge in [0.05, 0.1) is 5.69 Å². The molecule has 6 heteroatoms. The molecule has 2 aliphatic rings. The molecule has 2 heterocycles. The first-order chi connectivity index (χ1) is 10.1. The van der Waals surface area contributed by atoms with E-state index in [0.29, 0.717) is 25.2 Å². The zero-order chi connectivity index (χ0) is 14.8. The maximum Gasteiger partial charge on any atom is 0.306 e. The second-order valence-corrected chi connectivity index (χ2v) is 5.53. The Kier molecular flexibility index (Phi) is 4.05. The van der Waals surface area contributed by atoms with Crippen molar-refractivity contribution in [2.45, 2.75) is 18.9 Å². The molecule has 2 aliphatic heterocycles. The van der Waals surface area contributed by atoms with Crippen molar-refractivity contribution in [2.75, 3.05) is 37.6 Å². The number of carbonyl (C=O) groups excluding carboxylic acids is 1. The molecular weight excluding hydrogens is 278 g/mol. The zero-order valence-electron chi connectivity index (χ0n) is 11.7. The lowest BCUT2D eigenvalue weighted by molar-refractivity contribution is -0.142. The third-order valence-corrected chi connectivity index (χ3v) is 4.05. The Morgan fingerprint density at radius 2 is 1.95 bits per heavy atom.